The second-order valence-electron chi connectivity index (χ2n) is 5.35. The van der Waals surface area contributed by atoms with Gasteiger partial charge in [0.05, 0.1) is 12.3 Å². The van der Waals surface area contributed by atoms with Crippen molar-refractivity contribution in [1.82, 2.24) is 10.2 Å². The van der Waals surface area contributed by atoms with Crippen LogP contribution in [0.1, 0.15) is 20.8 Å². The molecule has 0 saturated heterocycles. The average molecular weight is 230 g/mol. The highest BCUT2D eigenvalue weighted by Gasteiger charge is 2.11. The fourth-order valence-corrected chi connectivity index (χ4v) is 1.47. The zero-order chi connectivity index (χ0) is 12.3. The van der Waals surface area contributed by atoms with E-state index in [2.05, 4.69) is 31.0 Å². The molecule has 3 heteroatoms. The highest BCUT2D eigenvalue weighted by molar-refractivity contribution is 5.60. The van der Waals surface area contributed by atoms with Crippen molar-refractivity contribution in [3.05, 3.63) is 36.5 Å². The van der Waals surface area contributed by atoms with Crippen molar-refractivity contribution in [2.75, 3.05) is 6.61 Å². The van der Waals surface area contributed by atoms with Crippen LogP contribution in [-0.2, 0) is 0 Å². The number of hydrogen-bond donors (Lipinski definition) is 1. The number of nitrogens with zero attached hydrogens (tertiary/aromatic N) is 1. The van der Waals surface area contributed by atoms with Crippen molar-refractivity contribution in [3.8, 4) is 17.0 Å². The third kappa shape index (κ3) is 3.34. The van der Waals surface area contributed by atoms with Gasteiger partial charge in [0, 0.05) is 11.8 Å². The first-order chi connectivity index (χ1) is 8.04. The first-order valence-corrected chi connectivity index (χ1v) is 5.77. The number of H-pyrrole nitrogens is 1. The molecule has 17 heavy (non-hydrogen) atoms. The summed E-state index contributed by atoms with van der Waals surface area (Å²) in [6, 6.07) is 9.99. The topological polar surface area (TPSA) is 37.9 Å². The molecule has 0 unspecified atom stereocenters. The van der Waals surface area contributed by atoms with Gasteiger partial charge in [-0.3, -0.25) is 5.10 Å². The summed E-state index contributed by atoms with van der Waals surface area (Å²) >= 11 is 0. The predicted molar refractivity (Wildman–Crippen MR) is 69.0 cm³/mol. The fourth-order valence-electron chi connectivity index (χ4n) is 1.47. The molecule has 3 nitrogen and oxygen atoms in total. The van der Waals surface area contributed by atoms with Gasteiger partial charge in [0.2, 0.25) is 0 Å². The van der Waals surface area contributed by atoms with Gasteiger partial charge in [0.15, 0.2) is 0 Å². The van der Waals surface area contributed by atoms with Crippen molar-refractivity contribution in [2.24, 2.45) is 5.41 Å². The Balaban J connectivity index is 2.12. The smallest absolute Gasteiger partial charge is 0.119 e. The molecule has 1 heterocycles. The Morgan fingerprint density at radius 1 is 1.24 bits per heavy atom. The van der Waals surface area contributed by atoms with E-state index in [1.165, 1.54) is 0 Å². The van der Waals surface area contributed by atoms with Crippen LogP contribution in [-0.4, -0.2) is 16.8 Å². The lowest BCUT2D eigenvalue weighted by molar-refractivity contribution is 0.198. The molecular formula is C14H18N2O. The summed E-state index contributed by atoms with van der Waals surface area (Å²) < 4.78 is 5.77. The fraction of sp³-hybridized carbons (Fsp3) is 0.357. The Morgan fingerprint density at radius 3 is 2.71 bits per heavy atom. The summed E-state index contributed by atoms with van der Waals surface area (Å²) in [5, 5.41) is 6.90. The number of nitrogens with one attached hydrogen (secondary N) is 1. The highest BCUT2D eigenvalue weighted by Crippen LogP contribution is 2.23. The second kappa shape index (κ2) is 4.62. The van der Waals surface area contributed by atoms with Crippen molar-refractivity contribution >= 4 is 0 Å². The van der Waals surface area contributed by atoms with E-state index >= 15 is 0 Å². The standard InChI is InChI=1S/C14H18N2O/c1-14(2,3)10-17-12-6-4-5-11(9-12)13-7-8-15-16-13/h4-9H,10H2,1-3H3,(H,15,16). The molecule has 0 fully saturated rings. The highest BCUT2D eigenvalue weighted by atomic mass is 16.5. The van der Waals surface area contributed by atoms with E-state index in [4.69, 9.17) is 4.74 Å². The van der Waals surface area contributed by atoms with E-state index in [0.717, 1.165) is 17.0 Å². The summed E-state index contributed by atoms with van der Waals surface area (Å²) in [7, 11) is 0. The van der Waals surface area contributed by atoms with Crippen molar-refractivity contribution in [2.45, 2.75) is 20.8 Å². The summed E-state index contributed by atoms with van der Waals surface area (Å²) in [6.07, 6.45) is 1.75. The molecular weight excluding hydrogens is 212 g/mol. The molecule has 0 saturated carbocycles. The van der Waals surface area contributed by atoms with Gasteiger partial charge in [-0.2, -0.15) is 5.10 Å². The minimum Gasteiger partial charge on any atom is -0.493 e. The molecule has 0 bridgehead atoms. The molecule has 1 N–H and O–H groups in total. The van der Waals surface area contributed by atoms with Gasteiger partial charge >= 0.3 is 0 Å². The van der Waals surface area contributed by atoms with Crippen LogP contribution in [0.15, 0.2) is 36.5 Å². The molecule has 1 aromatic carbocycles. The lowest BCUT2D eigenvalue weighted by atomic mass is 9.99. The minimum atomic E-state index is 0.171. The zero-order valence-corrected chi connectivity index (χ0v) is 10.5. The lowest BCUT2D eigenvalue weighted by Gasteiger charge is -2.19. The molecule has 1 aromatic heterocycles. The number of ether oxygens (including phenoxy) is 1. The third-order valence-electron chi connectivity index (χ3n) is 2.32. The SMILES string of the molecule is CC(C)(C)COc1cccc(-c2ccn[nH]2)c1. The van der Waals surface area contributed by atoms with Crippen LogP contribution in [0, 0.1) is 5.41 Å². The number of aromatic amines is 1. The van der Waals surface area contributed by atoms with Crippen LogP contribution < -0.4 is 4.74 Å². The normalized spacial score (nSPS) is 11.5. The summed E-state index contributed by atoms with van der Waals surface area (Å²) in [4.78, 5) is 0. The molecule has 0 aliphatic heterocycles. The number of aromatic nitrogens is 2. The molecule has 0 amide bonds. The molecule has 0 radical (unpaired) electrons. The second-order valence-corrected chi connectivity index (χ2v) is 5.35. The van der Waals surface area contributed by atoms with Gasteiger partial charge in [-0.1, -0.05) is 32.9 Å². The van der Waals surface area contributed by atoms with Gasteiger partial charge in [-0.25, -0.2) is 0 Å². The van der Waals surface area contributed by atoms with Crippen LogP contribution >= 0.6 is 0 Å². The molecule has 2 rings (SSSR count). The van der Waals surface area contributed by atoms with E-state index < -0.39 is 0 Å². The lowest BCUT2D eigenvalue weighted by Crippen LogP contribution is -2.16. The number of hydrogen-bond acceptors (Lipinski definition) is 2. The van der Waals surface area contributed by atoms with Gasteiger partial charge in [-0.15, -0.1) is 0 Å². The summed E-state index contributed by atoms with van der Waals surface area (Å²) in [5.41, 5.74) is 2.27. The maximum atomic E-state index is 5.77. The Bertz CT molecular complexity index is 469. The monoisotopic (exact) mass is 230 g/mol. The van der Waals surface area contributed by atoms with E-state index in [0.29, 0.717) is 6.61 Å². The zero-order valence-electron chi connectivity index (χ0n) is 10.5. The Kier molecular flexibility index (Phi) is 3.18. The Labute approximate surface area is 102 Å². The van der Waals surface area contributed by atoms with Gasteiger partial charge in [0.1, 0.15) is 5.75 Å². The van der Waals surface area contributed by atoms with Crippen LogP contribution in [0.3, 0.4) is 0 Å². The van der Waals surface area contributed by atoms with E-state index in [-0.39, 0.29) is 5.41 Å². The quantitative estimate of drug-likeness (QED) is 0.876. The van der Waals surface area contributed by atoms with Crippen molar-refractivity contribution in [1.29, 1.82) is 0 Å². The predicted octanol–water partition coefficient (Wildman–Crippen LogP) is 3.50. The van der Waals surface area contributed by atoms with Crippen molar-refractivity contribution < 1.29 is 4.74 Å². The van der Waals surface area contributed by atoms with E-state index in [1.807, 2.05) is 30.3 Å². The van der Waals surface area contributed by atoms with Gasteiger partial charge < -0.3 is 4.74 Å². The van der Waals surface area contributed by atoms with Crippen molar-refractivity contribution in [3.63, 3.8) is 0 Å². The van der Waals surface area contributed by atoms with Gasteiger partial charge in [-0.05, 0) is 23.6 Å². The molecule has 0 aliphatic rings. The van der Waals surface area contributed by atoms with Crippen LogP contribution in [0.2, 0.25) is 0 Å². The van der Waals surface area contributed by atoms with Crippen LogP contribution in [0.4, 0.5) is 0 Å². The summed E-state index contributed by atoms with van der Waals surface area (Å²) in [5.74, 6) is 0.895. The third-order valence-corrected chi connectivity index (χ3v) is 2.32. The van der Waals surface area contributed by atoms with Gasteiger partial charge in [0.25, 0.3) is 0 Å². The van der Waals surface area contributed by atoms with E-state index in [9.17, 15) is 0 Å². The first-order valence-electron chi connectivity index (χ1n) is 5.77. The van der Waals surface area contributed by atoms with Crippen LogP contribution in [0.5, 0.6) is 5.75 Å². The molecule has 0 spiro atoms. The number of benzene rings is 1. The maximum Gasteiger partial charge on any atom is 0.119 e. The molecule has 90 valence electrons. The molecule has 2 aromatic rings. The average Bonchev–Trinajstić information content (AvgIpc) is 2.79. The first kappa shape index (κ1) is 11.7. The molecule has 0 atom stereocenters. The summed E-state index contributed by atoms with van der Waals surface area (Å²) in [6.45, 7) is 7.18. The maximum absolute atomic E-state index is 5.77. The minimum absolute atomic E-state index is 0.171. The number of rotatable bonds is 3. The Hall–Kier alpha value is -1.77. The van der Waals surface area contributed by atoms with E-state index in [1.54, 1.807) is 6.20 Å². The molecule has 0 aliphatic carbocycles. The largest absolute Gasteiger partial charge is 0.493 e. The Morgan fingerprint density at radius 2 is 2.06 bits per heavy atom. The van der Waals surface area contributed by atoms with Crippen LogP contribution in [0.25, 0.3) is 11.3 Å².